The van der Waals surface area contributed by atoms with Gasteiger partial charge in [0.15, 0.2) is 12.4 Å². The third-order valence-electron chi connectivity index (χ3n) is 6.30. The fourth-order valence-corrected chi connectivity index (χ4v) is 9.22. The fraction of sp³-hybridized carbons (Fsp3) is 0.360. The van der Waals surface area contributed by atoms with Crippen molar-refractivity contribution in [3.8, 4) is 0 Å². The van der Waals surface area contributed by atoms with E-state index in [0.29, 0.717) is 0 Å². The summed E-state index contributed by atoms with van der Waals surface area (Å²) in [5.41, 5.74) is 4.80. The lowest BCUT2D eigenvalue weighted by atomic mass is 10.1. The van der Waals surface area contributed by atoms with E-state index in [9.17, 15) is 9.90 Å². The number of aliphatic hydroxyl groups is 1. The van der Waals surface area contributed by atoms with Crippen molar-refractivity contribution in [2.75, 3.05) is 12.3 Å². The van der Waals surface area contributed by atoms with E-state index in [1.165, 1.54) is 12.3 Å². The van der Waals surface area contributed by atoms with Crippen LogP contribution >= 0.6 is 0 Å². The topological polar surface area (TPSA) is 99.6 Å². The number of anilines is 1. The van der Waals surface area contributed by atoms with E-state index in [1.807, 2.05) is 36.4 Å². The van der Waals surface area contributed by atoms with Gasteiger partial charge in [0.05, 0.1) is 6.61 Å². The van der Waals surface area contributed by atoms with Crippen LogP contribution in [0.5, 0.6) is 0 Å². The fourth-order valence-electron chi connectivity index (χ4n) is 4.65. The molecule has 1 unspecified atom stereocenters. The van der Waals surface area contributed by atoms with Gasteiger partial charge in [-0.1, -0.05) is 81.4 Å². The van der Waals surface area contributed by atoms with Crippen molar-refractivity contribution < 1.29 is 18.7 Å². The highest BCUT2D eigenvalue weighted by Crippen LogP contribution is 2.38. The number of hydrogen-bond acceptors (Lipinski definition) is 6. The van der Waals surface area contributed by atoms with Crippen LogP contribution in [0.3, 0.4) is 0 Å². The molecular weight excluding hydrogens is 453 g/mol. The van der Waals surface area contributed by atoms with Gasteiger partial charge in [-0.3, -0.25) is 4.57 Å². The van der Waals surface area contributed by atoms with Crippen LogP contribution in [0.4, 0.5) is 10.2 Å². The van der Waals surface area contributed by atoms with Gasteiger partial charge in [-0.15, -0.1) is 0 Å². The van der Waals surface area contributed by atoms with Gasteiger partial charge in [0.2, 0.25) is 0 Å². The van der Waals surface area contributed by atoms with Crippen molar-refractivity contribution >= 4 is 24.5 Å². The Morgan fingerprint density at radius 2 is 1.65 bits per heavy atom. The predicted octanol–water partition coefficient (Wildman–Crippen LogP) is 2.00. The first kappa shape index (κ1) is 24.3. The Kier molecular flexibility index (Phi) is 6.72. The molecule has 1 saturated heterocycles. The van der Waals surface area contributed by atoms with Gasteiger partial charge in [0.1, 0.15) is 18.0 Å². The molecule has 2 aromatic carbocycles. The van der Waals surface area contributed by atoms with E-state index in [1.54, 1.807) is 0 Å². The van der Waals surface area contributed by atoms with Crippen LogP contribution < -0.4 is 21.8 Å². The smallest absolute Gasteiger partial charge is 0.351 e. The number of alkyl halides is 1. The van der Waals surface area contributed by atoms with Gasteiger partial charge < -0.3 is 20.0 Å². The molecule has 0 aliphatic carbocycles. The quantitative estimate of drug-likeness (QED) is 0.521. The maximum absolute atomic E-state index is 15.1. The van der Waals surface area contributed by atoms with Crippen LogP contribution in [0.1, 0.15) is 27.0 Å². The number of hydrogen-bond donors (Lipinski definition) is 2. The number of benzene rings is 2. The van der Waals surface area contributed by atoms with Crippen molar-refractivity contribution in [1.82, 2.24) is 9.55 Å². The van der Waals surface area contributed by atoms with E-state index >= 15 is 4.39 Å². The Balaban J connectivity index is 1.68. The maximum Gasteiger partial charge on any atom is 0.351 e. The van der Waals surface area contributed by atoms with E-state index in [2.05, 4.69) is 50.0 Å². The molecule has 1 aromatic heterocycles. The van der Waals surface area contributed by atoms with Crippen molar-refractivity contribution in [3.63, 3.8) is 0 Å². The number of nitrogens with zero attached hydrogens (tertiary/aromatic N) is 2. The van der Waals surface area contributed by atoms with Crippen molar-refractivity contribution in [2.45, 2.75) is 50.4 Å². The van der Waals surface area contributed by atoms with Gasteiger partial charge >= 0.3 is 5.69 Å². The normalized spacial score (nSPS) is 23.2. The molecule has 0 radical (unpaired) electrons. The minimum Gasteiger partial charge on any atom is -0.405 e. The molecule has 1 aliphatic heterocycles. The van der Waals surface area contributed by atoms with Gasteiger partial charge in [0, 0.05) is 6.20 Å². The van der Waals surface area contributed by atoms with Crippen LogP contribution in [-0.2, 0) is 9.16 Å². The van der Waals surface area contributed by atoms with Gasteiger partial charge in [-0.2, -0.15) is 4.98 Å². The number of aliphatic hydroxyl groups excluding tert-OH is 1. The molecule has 3 N–H and O–H groups in total. The molecule has 34 heavy (non-hydrogen) atoms. The standard InChI is InChI=1S/C25H30FN3O4Si/c1-25(2,3)34(17-10-6-4-7-11-17,18-12-8-5-9-13-18)32-16-19-22(30)21(26)23(33-19)29-15-14-20(27)28-24(29)31/h4-15,19,21-23,30H,16H2,1-3H3,(H2,27,28,31)/t19-,21+,22?,23-/m1/s1. The summed E-state index contributed by atoms with van der Waals surface area (Å²) in [6.07, 6.45) is -4.25. The molecule has 1 fully saturated rings. The third-order valence-corrected chi connectivity index (χ3v) is 11.3. The van der Waals surface area contributed by atoms with E-state index in [-0.39, 0.29) is 17.5 Å². The highest BCUT2D eigenvalue weighted by Gasteiger charge is 2.52. The number of rotatable bonds is 6. The van der Waals surface area contributed by atoms with Crippen LogP contribution in [0.25, 0.3) is 0 Å². The number of ether oxygens (including phenoxy) is 1. The molecule has 1 aliphatic rings. The van der Waals surface area contributed by atoms with Crippen molar-refractivity contribution in [2.24, 2.45) is 0 Å². The highest BCUT2D eigenvalue weighted by molar-refractivity contribution is 6.99. The second kappa shape index (κ2) is 9.42. The molecule has 0 amide bonds. The van der Waals surface area contributed by atoms with Gasteiger partial charge in [-0.25, -0.2) is 9.18 Å². The summed E-state index contributed by atoms with van der Waals surface area (Å²) in [4.78, 5) is 15.9. The number of halogens is 1. The summed E-state index contributed by atoms with van der Waals surface area (Å²) in [5.74, 6) is 0.0294. The Hall–Kier alpha value is -2.85. The molecule has 180 valence electrons. The molecule has 2 heterocycles. The van der Waals surface area contributed by atoms with Crippen molar-refractivity contribution in [1.29, 1.82) is 0 Å². The van der Waals surface area contributed by atoms with Crippen LogP contribution in [0.2, 0.25) is 5.04 Å². The zero-order valence-corrected chi connectivity index (χ0v) is 20.5. The molecule has 4 rings (SSSR count). The summed E-state index contributed by atoms with van der Waals surface area (Å²) < 4.78 is 28.7. The summed E-state index contributed by atoms with van der Waals surface area (Å²) in [6.45, 7) is 6.35. The minimum atomic E-state index is -2.90. The van der Waals surface area contributed by atoms with E-state index in [4.69, 9.17) is 14.9 Å². The molecule has 9 heteroatoms. The SMILES string of the molecule is CC(C)(C)[Si](OC[C@H]1O[C@@H](n2ccc(N)nc2=O)[C@@H](F)C1O)(c1ccccc1)c1ccccc1. The predicted molar refractivity (Wildman–Crippen MR) is 131 cm³/mol. The molecule has 3 aromatic rings. The lowest BCUT2D eigenvalue weighted by Crippen LogP contribution is -2.67. The lowest BCUT2D eigenvalue weighted by Gasteiger charge is -2.43. The van der Waals surface area contributed by atoms with Crippen LogP contribution in [-0.4, -0.2) is 48.0 Å². The lowest BCUT2D eigenvalue weighted by molar-refractivity contribution is -0.0461. The summed E-state index contributed by atoms with van der Waals surface area (Å²) >= 11 is 0. The minimum absolute atomic E-state index is 0.0294. The second-order valence-electron chi connectivity index (χ2n) is 9.52. The van der Waals surface area contributed by atoms with Gasteiger partial charge in [0.25, 0.3) is 8.32 Å². The van der Waals surface area contributed by atoms with Crippen LogP contribution in [0.15, 0.2) is 77.7 Å². The average molecular weight is 484 g/mol. The first-order chi connectivity index (χ1) is 16.1. The molecular formula is C25H30FN3O4Si. The van der Waals surface area contributed by atoms with Crippen LogP contribution in [0, 0.1) is 0 Å². The number of aromatic nitrogens is 2. The first-order valence-corrected chi connectivity index (χ1v) is 13.1. The van der Waals surface area contributed by atoms with E-state index < -0.39 is 38.6 Å². The maximum atomic E-state index is 15.1. The Bertz CT molecular complexity index is 1130. The third kappa shape index (κ3) is 4.32. The highest BCUT2D eigenvalue weighted by atomic mass is 28.4. The largest absolute Gasteiger partial charge is 0.405 e. The zero-order chi connectivity index (χ0) is 24.5. The Labute approximate surface area is 199 Å². The van der Waals surface area contributed by atoms with E-state index in [0.717, 1.165) is 14.9 Å². The van der Waals surface area contributed by atoms with Gasteiger partial charge in [-0.05, 0) is 21.5 Å². The average Bonchev–Trinajstić information content (AvgIpc) is 3.08. The zero-order valence-electron chi connectivity index (χ0n) is 19.5. The molecule has 0 spiro atoms. The number of nitrogens with two attached hydrogens (primary N) is 1. The Morgan fingerprint density at radius 3 is 2.15 bits per heavy atom. The number of nitrogen functional groups attached to an aromatic ring is 1. The summed E-state index contributed by atoms with van der Waals surface area (Å²) in [6, 6.07) is 21.4. The molecule has 4 atom stereocenters. The van der Waals surface area contributed by atoms with Crippen molar-refractivity contribution in [3.05, 3.63) is 83.4 Å². The first-order valence-electron chi connectivity index (χ1n) is 11.2. The summed E-state index contributed by atoms with van der Waals surface area (Å²) in [5, 5.41) is 12.5. The molecule has 0 bridgehead atoms. The molecule has 0 saturated carbocycles. The second-order valence-corrected chi connectivity index (χ2v) is 13.8. The monoisotopic (exact) mass is 483 g/mol. The summed E-state index contributed by atoms with van der Waals surface area (Å²) in [7, 11) is -2.90. The molecule has 7 nitrogen and oxygen atoms in total. The Morgan fingerprint density at radius 1 is 1.09 bits per heavy atom.